The molecule has 0 radical (unpaired) electrons. The summed E-state index contributed by atoms with van der Waals surface area (Å²) in [6.45, 7) is 12.8. The molecule has 0 aromatic rings. The quantitative estimate of drug-likeness (QED) is 0.594. The zero-order chi connectivity index (χ0) is 18.4. The van der Waals surface area contributed by atoms with Crippen LogP contribution in [0.2, 0.25) is 0 Å². The lowest BCUT2D eigenvalue weighted by atomic mass is 9.97. The third kappa shape index (κ3) is 5.57. The Balaban J connectivity index is 1.46. The minimum absolute atomic E-state index is 0.181. The van der Waals surface area contributed by atoms with Gasteiger partial charge in [-0.2, -0.15) is 0 Å². The number of likely N-dealkylation sites (tertiary alicyclic amines) is 1. The number of morpholine rings is 1. The molecule has 26 heavy (non-hydrogen) atoms. The van der Waals surface area contributed by atoms with Gasteiger partial charge >= 0.3 is 0 Å². The first kappa shape index (κ1) is 19.9. The number of piperidine rings is 1. The Morgan fingerprint density at radius 1 is 1.08 bits per heavy atom. The van der Waals surface area contributed by atoms with Crippen molar-refractivity contribution in [2.24, 2.45) is 16.8 Å². The second-order valence-corrected chi connectivity index (χ2v) is 8.50. The molecule has 1 N–H and O–H groups in total. The summed E-state index contributed by atoms with van der Waals surface area (Å²) in [4.78, 5) is 9.53. The van der Waals surface area contributed by atoms with Gasteiger partial charge in [-0.25, -0.2) is 0 Å². The minimum atomic E-state index is 0.181. The van der Waals surface area contributed by atoms with Crippen molar-refractivity contribution in [3.8, 4) is 0 Å². The molecule has 3 unspecified atom stereocenters. The van der Waals surface area contributed by atoms with Crippen LogP contribution in [0, 0.1) is 11.8 Å². The highest BCUT2D eigenvalue weighted by atomic mass is 16.5. The highest BCUT2D eigenvalue weighted by Crippen LogP contribution is 2.21. The lowest BCUT2D eigenvalue weighted by Crippen LogP contribution is -2.54. The Bertz CT molecular complexity index is 451. The molecule has 0 amide bonds. The lowest BCUT2D eigenvalue weighted by molar-refractivity contribution is -0.0817. The van der Waals surface area contributed by atoms with Gasteiger partial charge in [0.05, 0.1) is 12.7 Å². The van der Waals surface area contributed by atoms with Crippen LogP contribution in [0.4, 0.5) is 0 Å². The number of nitrogens with zero attached hydrogens (tertiary/aromatic N) is 3. The average Bonchev–Trinajstić information content (AvgIpc) is 3.17. The first-order valence-corrected chi connectivity index (χ1v) is 10.6. The molecular weight excluding hydrogens is 328 g/mol. The fourth-order valence-electron chi connectivity index (χ4n) is 4.56. The van der Waals surface area contributed by atoms with Gasteiger partial charge in [0.2, 0.25) is 0 Å². The molecule has 0 aromatic heterocycles. The second-order valence-electron chi connectivity index (χ2n) is 8.50. The van der Waals surface area contributed by atoms with E-state index in [1.165, 1.54) is 32.5 Å². The van der Waals surface area contributed by atoms with Crippen molar-refractivity contribution in [3.05, 3.63) is 0 Å². The zero-order valence-electron chi connectivity index (χ0n) is 17.0. The summed E-state index contributed by atoms with van der Waals surface area (Å²) in [5.74, 6) is 2.49. The fraction of sp³-hybridized carbons (Fsp3) is 0.950. The van der Waals surface area contributed by atoms with Gasteiger partial charge in [0, 0.05) is 46.4 Å². The number of rotatable bonds is 5. The van der Waals surface area contributed by atoms with Gasteiger partial charge in [0.1, 0.15) is 6.10 Å². The van der Waals surface area contributed by atoms with Crippen LogP contribution in [0.1, 0.15) is 39.5 Å². The van der Waals surface area contributed by atoms with E-state index in [-0.39, 0.29) is 12.2 Å². The maximum atomic E-state index is 5.98. The van der Waals surface area contributed by atoms with Crippen LogP contribution in [-0.4, -0.2) is 87.5 Å². The summed E-state index contributed by atoms with van der Waals surface area (Å²) in [5, 5.41) is 3.65. The molecule has 3 saturated heterocycles. The Labute approximate surface area is 159 Å². The van der Waals surface area contributed by atoms with Gasteiger partial charge in [-0.05, 0) is 44.1 Å². The molecule has 6 nitrogen and oxygen atoms in total. The number of aliphatic imine (C=N–C) groups is 1. The van der Waals surface area contributed by atoms with Crippen LogP contribution in [-0.2, 0) is 9.47 Å². The topological polar surface area (TPSA) is 49.3 Å². The molecule has 0 saturated carbocycles. The van der Waals surface area contributed by atoms with Crippen LogP contribution in [0.3, 0.4) is 0 Å². The van der Waals surface area contributed by atoms with Crippen molar-refractivity contribution in [2.75, 3.05) is 59.5 Å². The van der Waals surface area contributed by atoms with Gasteiger partial charge in [0.25, 0.3) is 0 Å². The van der Waals surface area contributed by atoms with Crippen LogP contribution in [0.5, 0.6) is 0 Å². The SMILES string of the molecule is CN=C(NCC1CCCN(CC(C)C)C1)N1CCOC(C2CCCO2)C1. The van der Waals surface area contributed by atoms with Gasteiger partial charge in [-0.15, -0.1) is 0 Å². The molecule has 3 heterocycles. The molecule has 0 aromatic carbocycles. The summed E-state index contributed by atoms with van der Waals surface area (Å²) < 4.78 is 11.8. The molecule has 3 aliphatic heterocycles. The molecule has 6 heteroatoms. The van der Waals surface area contributed by atoms with Crippen molar-refractivity contribution < 1.29 is 9.47 Å². The van der Waals surface area contributed by atoms with Crippen molar-refractivity contribution in [1.29, 1.82) is 0 Å². The molecule has 0 aliphatic carbocycles. The predicted molar refractivity (Wildman–Crippen MR) is 106 cm³/mol. The number of nitrogens with one attached hydrogen (secondary N) is 1. The molecular formula is C20H38N4O2. The fourth-order valence-corrected chi connectivity index (χ4v) is 4.56. The highest BCUT2D eigenvalue weighted by molar-refractivity contribution is 5.80. The van der Waals surface area contributed by atoms with E-state index in [2.05, 4.69) is 34.0 Å². The number of hydrogen-bond donors (Lipinski definition) is 1. The lowest BCUT2D eigenvalue weighted by Gasteiger charge is -2.38. The van der Waals surface area contributed by atoms with Crippen molar-refractivity contribution in [3.63, 3.8) is 0 Å². The van der Waals surface area contributed by atoms with E-state index in [1.807, 2.05) is 7.05 Å². The van der Waals surface area contributed by atoms with E-state index < -0.39 is 0 Å². The monoisotopic (exact) mass is 366 g/mol. The molecule has 0 bridgehead atoms. The third-order valence-corrected chi connectivity index (χ3v) is 5.76. The molecule has 3 fully saturated rings. The Hall–Kier alpha value is -0.850. The predicted octanol–water partition coefficient (Wildman–Crippen LogP) is 1.81. The molecule has 3 aliphatic rings. The van der Waals surface area contributed by atoms with Gasteiger partial charge in [0.15, 0.2) is 5.96 Å². The van der Waals surface area contributed by atoms with E-state index in [4.69, 9.17) is 9.47 Å². The number of hydrogen-bond acceptors (Lipinski definition) is 4. The summed E-state index contributed by atoms with van der Waals surface area (Å²) in [5.41, 5.74) is 0. The summed E-state index contributed by atoms with van der Waals surface area (Å²) in [7, 11) is 1.89. The van der Waals surface area contributed by atoms with E-state index in [1.54, 1.807) is 0 Å². The van der Waals surface area contributed by atoms with Gasteiger partial charge in [-0.1, -0.05) is 13.8 Å². The first-order chi connectivity index (χ1) is 12.7. The average molecular weight is 367 g/mol. The second kappa shape index (κ2) is 9.90. The van der Waals surface area contributed by atoms with Crippen LogP contribution >= 0.6 is 0 Å². The number of ether oxygens (including phenoxy) is 2. The van der Waals surface area contributed by atoms with Gasteiger partial charge in [-0.3, -0.25) is 4.99 Å². The Morgan fingerprint density at radius 2 is 1.92 bits per heavy atom. The Kier molecular flexibility index (Phi) is 7.58. The molecule has 0 spiro atoms. The maximum Gasteiger partial charge on any atom is 0.193 e. The number of guanidine groups is 1. The first-order valence-electron chi connectivity index (χ1n) is 10.6. The van der Waals surface area contributed by atoms with Crippen molar-refractivity contribution in [2.45, 2.75) is 51.7 Å². The van der Waals surface area contributed by atoms with E-state index in [9.17, 15) is 0 Å². The van der Waals surface area contributed by atoms with Crippen LogP contribution in [0.15, 0.2) is 4.99 Å². The van der Waals surface area contributed by atoms with Crippen molar-refractivity contribution in [1.82, 2.24) is 15.1 Å². The van der Waals surface area contributed by atoms with E-state index >= 15 is 0 Å². The normalized spacial score (nSPS) is 31.6. The zero-order valence-corrected chi connectivity index (χ0v) is 17.0. The highest BCUT2D eigenvalue weighted by Gasteiger charge is 2.32. The maximum absolute atomic E-state index is 5.98. The smallest absolute Gasteiger partial charge is 0.193 e. The Morgan fingerprint density at radius 3 is 2.65 bits per heavy atom. The molecule has 3 rings (SSSR count). The summed E-state index contributed by atoms with van der Waals surface area (Å²) >= 11 is 0. The molecule has 3 atom stereocenters. The minimum Gasteiger partial charge on any atom is -0.375 e. The van der Waals surface area contributed by atoms with Crippen LogP contribution in [0.25, 0.3) is 0 Å². The largest absolute Gasteiger partial charge is 0.375 e. The standard InChI is InChI=1S/C20H38N4O2/c1-16(2)13-23-8-4-6-17(14-23)12-22-20(21-3)24-9-11-26-19(15-24)18-7-5-10-25-18/h16-19H,4-15H2,1-3H3,(H,21,22). The summed E-state index contributed by atoms with van der Waals surface area (Å²) in [6.07, 6.45) is 5.36. The summed E-state index contributed by atoms with van der Waals surface area (Å²) in [6, 6.07) is 0. The van der Waals surface area contributed by atoms with Crippen LogP contribution < -0.4 is 5.32 Å². The van der Waals surface area contributed by atoms with E-state index in [0.29, 0.717) is 5.92 Å². The van der Waals surface area contributed by atoms with Gasteiger partial charge < -0.3 is 24.6 Å². The molecule has 150 valence electrons. The third-order valence-electron chi connectivity index (χ3n) is 5.76. The van der Waals surface area contributed by atoms with Crippen molar-refractivity contribution >= 4 is 5.96 Å². The van der Waals surface area contributed by atoms with E-state index in [0.717, 1.165) is 57.6 Å².